The number of rotatable bonds is 7. The van der Waals surface area contributed by atoms with E-state index in [1.807, 2.05) is 13.8 Å². The van der Waals surface area contributed by atoms with E-state index < -0.39 is 11.9 Å². The summed E-state index contributed by atoms with van der Waals surface area (Å²) in [5.74, 6) is -0.230. The van der Waals surface area contributed by atoms with Crippen LogP contribution in [0.4, 0.5) is 0 Å². The van der Waals surface area contributed by atoms with Gasteiger partial charge in [0, 0.05) is 13.0 Å². The lowest BCUT2D eigenvalue weighted by Gasteiger charge is -2.16. The highest BCUT2D eigenvalue weighted by atomic mass is 16.5. The summed E-state index contributed by atoms with van der Waals surface area (Å²) in [5.41, 5.74) is -0.297. The first kappa shape index (κ1) is 15.0. The molecule has 0 bridgehead atoms. The molecule has 20 heavy (non-hydrogen) atoms. The second-order valence-electron chi connectivity index (χ2n) is 5.94. The van der Waals surface area contributed by atoms with Crippen molar-refractivity contribution >= 4 is 5.97 Å². The van der Waals surface area contributed by atoms with E-state index in [0.717, 1.165) is 26.1 Å². The van der Waals surface area contributed by atoms with E-state index in [2.05, 4.69) is 28.9 Å². The summed E-state index contributed by atoms with van der Waals surface area (Å²) in [6.07, 6.45) is 0.732. The number of hydrogen-bond acceptors (Lipinski definition) is 5. The van der Waals surface area contributed by atoms with Crippen molar-refractivity contribution in [2.24, 2.45) is 11.3 Å². The van der Waals surface area contributed by atoms with Crippen molar-refractivity contribution in [3.8, 4) is 0 Å². The Bertz CT molecular complexity index is 480. The molecular formula is C14H23N3O3. The van der Waals surface area contributed by atoms with Crippen LogP contribution in [0.25, 0.3) is 0 Å². The van der Waals surface area contributed by atoms with Crippen molar-refractivity contribution < 1.29 is 14.4 Å². The van der Waals surface area contributed by atoms with Gasteiger partial charge in [-0.3, -0.25) is 4.79 Å². The van der Waals surface area contributed by atoms with Gasteiger partial charge in [-0.05, 0) is 18.5 Å². The van der Waals surface area contributed by atoms with Gasteiger partial charge < -0.3 is 14.5 Å². The second-order valence-corrected chi connectivity index (χ2v) is 5.94. The average Bonchev–Trinajstić information content (AvgIpc) is 2.75. The summed E-state index contributed by atoms with van der Waals surface area (Å²) in [7, 11) is 0. The monoisotopic (exact) mass is 281 g/mol. The lowest BCUT2D eigenvalue weighted by molar-refractivity contribution is -0.139. The minimum absolute atomic E-state index is 0.158. The van der Waals surface area contributed by atoms with Gasteiger partial charge in [0.25, 0.3) is 0 Å². The molecule has 6 heteroatoms. The van der Waals surface area contributed by atoms with E-state index in [9.17, 15) is 9.90 Å². The molecule has 2 unspecified atom stereocenters. The maximum Gasteiger partial charge on any atom is 0.307 e. The van der Waals surface area contributed by atoms with Crippen molar-refractivity contribution in [1.82, 2.24) is 15.0 Å². The van der Waals surface area contributed by atoms with Crippen molar-refractivity contribution in [2.45, 2.75) is 40.0 Å². The van der Waals surface area contributed by atoms with Crippen LogP contribution in [0.3, 0.4) is 0 Å². The number of aliphatic carboxylic acids is 1. The van der Waals surface area contributed by atoms with Gasteiger partial charge in [-0.2, -0.15) is 4.98 Å². The number of carboxylic acid groups (broad SMARTS) is 1. The van der Waals surface area contributed by atoms with Gasteiger partial charge in [0.15, 0.2) is 5.82 Å². The Morgan fingerprint density at radius 1 is 1.40 bits per heavy atom. The van der Waals surface area contributed by atoms with Crippen LogP contribution in [0.1, 0.15) is 45.3 Å². The summed E-state index contributed by atoms with van der Waals surface area (Å²) in [6, 6.07) is 0. The Balaban J connectivity index is 1.98. The molecule has 2 rings (SSSR count). The van der Waals surface area contributed by atoms with Crippen LogP contribution >= 0.6 is 0 Å². The summed E-state index contributed by atoms with van der Waals surface area (Å²) in [5, 5.41) is 13.1. The molecule has 0 aromatic carbocycles. The summed E-state index contributed by atoms with van der Waals surface area (Å²) >= 11 is 0. The normalized spacial score (nSPS) is 24.1. The largest absolute Gasteiger partial charge is 0.481 e. The number of hydrogen-bond donors (Lipinski definition) is 1. The molecule has 1 aromatic heterocycles. The van der Waals surface area contributed by atoms with Crippen LogP contribution in [0.15, 0.2) is 4.52 Å². The number of nitrogens with zero attached hydrogens (tertiary/aromatic N) is 3. The first-order valence-corrected chi connectivity index (χ1v) is 7.19. The molecule has 0 saturated heterocycles. The molecule has 0 spiro atoms. The molecule has 1 N–H and O–H groups in total. The Kier molecular flexibility index (Phi) is 4.13. The number of carboxylic acids is 1. The molecule has 1 saturated carbocycles. The molecule has 6 nitrogen and oxygen atoms in total. The van der Waals surface area contributed by atoms with Gasteiger partial charge >= 0.3 is 5.97 Å². The maximum absolute atomic E-state index is 11.2. The van der Waals surface area contributed by atoms with Crippen LogP contribution < -0.4 is 0 Å². The fraction of sp³-hybridized carbons (Fsp3) is 0.786. The van der Waals surface area contributed by atoms with E-state index in [0.29, 0.717) is 11.7 Å². The molecule has 1 heterocycles. The fourth-order valence-electron chi connectivity index (χ4n) is 2.85. The van der Waals surface area contributed by atoms with E-state index in [-0.39, 0.29) is 11.3 Å². The minimum atomic E-state index is -0.789. The molecule has 1 aromatic rings. The minimum Gasteiger partial charge on any atom is -0.481 e. The molecule has 1 aliphatic rings. The Labute approximate surface area is 119 Å². The maximum atomic E-state index is 11.2. The molecule has 0 radical (unpaired) electrons. The molecule has 2 atom stereocenters. The average molecular weight is 281 g/mol. The molecule has 0 amide bonds. The quantitative estimate of drug-likeness (QED) is 0.820. The standard InChI is InChI=1S/C14H23N3O3/c1-5-17(6-2)8-7-9-15-12(20-16-9)10-11(13(18)19)14(10,3)4/h10-11H,5-8H2,1-4H3,(H,18,19). The third-order valence-corrected chi connectivity index (χ3v) is 4.39. The molecule has 0 aliphatic heterocycles. The second kappa shape index (κ2) is 5.52. The van der Waals surface area contributed by atoms with Gasteiger partial charge in [-0.1, -0.05) is 32.9 Å². The van der Waals surface area contributed by atoms with Crippen LogP contribution in [-0.4, -0.2) is 45.8 Å². The topological polar surface area (TPSA) is 79.5 Å². The van der Waals surface area contributed by atoms with Crippen LogP contribution in [0, 0.1) is 11.3 Å². The van der Waals surface area contributed by atoms with Crippen molar-refractivity contribution in [2.75, 3.05) is 19.6 Å². The smallest absolute Gasteiger partial charge is 0.307 e. The number of likely N-dealkylation sites (N-methyl/N-ethyl adjacent to an activating group) is 1. The van der Waals surface area contributed by atoms with Gasteiger partial charge in [-0.25, -0.2) is 0 Å². The summed E-state index contributed by atoms with van der Waals surface area (Å²) in [6.45, 7) is 11.0. The Morgan fingerprint density at radius 3 is 2.55 bits per heavy atom. The van der Waals surface area contributed by atoms with E-state index in [1.54, 1.807) is 0 Å². The van der Waals surface area contributed by atoms with Gasteiger partial charge in [0.2, 0.25) is 5.89 Å². The zero-order valence-corrected chi connectivity index (χ0v) is 12.6. The van der Waals surface area contributed by atoms with E-state index >= 15 is 0 Å². The zero-order valence-electron chi connectivity index (χ0n) is 12.6. The molecule has 1 fully saturated rings. The van der Waals surface area contributed by atoms with Crippen molar-refractivity contribution in [1.29, 1.82) is 0 Å². The number of carbonyl (C=O) groups is 1. The summed E-state index contributed by atoms with van der Waals surface area (Å²) < 4.78 is 5.26. The molecule has 1 aliphatic carbocycles. The van der Waals surface area contributed by atoms with Gasteiger partial charge in [-0.15, -0.1) is 0 Å². The Morgan fingerprint density at radius 2 is 2.05 bits per heavy atom. The van der Waals surface area contributed by atoms with Crippen molar-refractivity contribution in [3.63, 3.8) is 0 Å². The first-order valence-electron chi connectivity index (χ1n) is 7.19. The van der Waals surface area contributed by atoms with Gasteiger partial charge in [0.1, 0.15) is 0 Å². The third kappa shape index (κ3) is 2.70. The lowest BCUT2D eigenvalue weighted by atomic mass is 10.1. The van der Waals surface area contributed by atoms with Crippen LogP contribution in [-0.2, 0) is 11.2 Å². The highest BCUT2D eigenvalue weighted by Crippen LogP contribution is 2.63. The molecule has 112 valence electrons. The fourth-order valence-corrected chi connectivity index (χ4v) is 2.85. The lowest BCUT2D eigenvalue weighted by Crippen LogP contribution is -2.25. The van der Waals surface area contributed by atoms with Crippen LogP contribution in [0.2, 0.25) is 0 Å². The SMILES string of the molecule is CCN(CC)CCc1noc(C2C(C(=O)O)C2(C)C)n1. The van der Waals surface area contributed by atoms with Crippen LogP contribution in [0.5, 0.6) is 0 Å². The zero-order chi connectivity index (χ0) is 14.9. The molecular weight excluding hydrogens is 258 g/mol. The summed E-state index contributed by atoms with van der Waals surface area (Å²) in [4.78, 5) is 17.8. The van der Waals surface area contributed by atoms with Crippen molar-refractivity contribution in [3.05, 3.63) is 11.7 Å². The van der Waals surface area contributed by atoms with E-state index in [4.69, 9.17) is 4.52 Å². The van der Waals surface area contributed by atoms with E-state index in [1.165, 1.54) is 0 Å². The number of aromatic nitrogens is 2. The first-order chi connectivity index (χ1) is 9.41. The Hall–Kier alpha value is -1.43. The van der Waals surface area contributed by atoms with Gasteiger partial charge in [0.05, 0.1) is 11.8 Å². The predicted molar refractivity (Wildman–Crippen MR) is 73.4 cm³/mol. The highest BCUT2D eigenvalue weighted by Gasteiger charge is 2.65. The highest BCUT2D eigenvalue weighted by molar-refractivity contribution is 5.77. The third-order valence-electron chi connectivity index (χ3n) is 4.39. The predicted octanol–water partition coefficient (Wildman–Crippen LogP) is 1.78.